The monoisotopic (exact) mass is 464 g/mol. The van der Waals surface area contributed by atoms with Gasteiger partial charge in [-0.2, -0.15) is 70.2 Å². The molecule has 0 aromatic heterocycles. The quantitative estimate of drug-likeness (QED) is 0.380. The zero-order chi connectivity index (χ0) is 23.6. The molecule has 0 aliphatic rings. The minimum Gasteiger partial charge on any atom is -0.205 e. The van der Waals surface area contributed by atoms with Crippen LogP contribution in [0.25, 0.3) is 0 Å². The molecule has 0 spiro atoms. The molecule has 0 saturated carbocycles. The number of hydrogen-bond donors (Lipinski definition) is 0. The predicted molar refractivity (Wildman–Crippen MR) is 52.5 cm³/mol. The molecule has 0 amide bonds. The van der Waals surface area contributed by atoms with E-state index in [2.05, 4.69) is 0 Å². The van der Waals surface area contributed by atoms with Crippen molar-refractivity contribution in [1.82, 2.24) is 0 Å². The Balaban J connectivity index is 0. The third kappa shape index (κ3) is 8.94. The highest BCUT2D eigenvalue weighted by molar-refractivity contribution is 5.11. The average Bonchev–Trinajstić information content (AvgIpc) is 2.32. The third-order valence-electron chi connectivity index (χ3n) is 1.89. The summed E-state index contributed by atoms with van der Waals surface area (Å²) in [5.74, 6) is -19.4. The molecule has 168 valence electrons. The van der Waals surface area contributed by atoms with Crippen LogP contribution in [0.2, 0.25) is 0 Å². The highest BCUT2D eigenvalue weighted by atomic mass is 19.4. The molecule has 0 unspecified atom stereocenters. The minimum absolute atomic E-state index is 1.74. The second kappa shape index (κ2) is 8.30. The molecule has 0 bridgehead atoms. The summed E-state index contributed by atoms with van der Waals surface area (Å²) < 4.78 is 206. The standard InChI is InChI=1S/2C5HF9/c2*6-2(1-3(7,8)9)4(10,11)5(12,13)14/h2*1H. The van der Waals surface area contributed by atoms with E-state index in [0.29, 0.717) is 0 Å². The summed E-state index contributed by atoms with van der Waals surface area (Å²) in [5, 5.41) is 0. The molecule has 28 heavy (non-hydrogen) atoms. The largest absolute Gasteiger partial charge is 0.460 e. The molecule has 0 N–H and O–H groups in total. The van der Waals surface area contributed by atoms with Crippen LogP contribution < -0.4 is 0 Å². The van der Waals surface area contributed by atoms with E-state index in [9.17, 15) is 79.0 Å². The Labute approximate surface area is 141 Å². The smallest absolute Gasteiger partial charge is 0.205 e. The highest BCUT2D eigenvalue weighted by Crippen LogP contribution is 2.43. The Bertz CT molecular complexity index is 509. The fraction of sp³-hybridized carbons (Fsp3) is 0.600. The molecule has 0 atom stereocenters. The van der Waals surface area contributed by atoms with Crippen molar-refractivity contribution in [2.45, 2.75) is 36.6 Å². The van der Waals surface area contributed by atoms with Gasteiger partial charge in [-0.3, -0.25) is 0 Å². The number of rotatable bonds is 2. The number of halogens is 18. The van der Waals surface area contributed by atoms with Gasteiger partial charge in [-0.15, -0.1) is 0 Å². The van der Waals surface area contributed by atoms with Crippen molar-refractivity contribution < 1.29 is 79.0 Å². The first-order valence-electron chi connectivity index (χ1n) is 5.56. The van der Waals surface area contributed by atoms with Crippen molar-refractivity contribution in [3.8, 4) is 0 Å². The van der Waals surface area contributed by atoms with Gasteiger partial charge in [0, 0.05) is 0 Å². The van der Waals surface area contributed by atoms with Crippen LogP contribution in [0, 0.1) is 0 Å². The van der Waals surface area contributed by atoms with Crippen LogP contribution in [-0.2, 0) is 0 Å². The van der Waals surface area contributed by atoms with Crippen LogP contribution in [0.1, 0.15) is 0 Å². The van der Waals surface area contributed by atoms with E-state index >= 15 is 0 Å². The van der Waals surface area contributed by atoms with Crippen molar-refractivity contribution in [1.29, 1.82) is 0 Å². The Kier molecular flexibility index (Phi) is 8.43. The minimum atomic E-state index is -6.39. The number of allylic oxidation sites excluding steroid dienone is 4. The Morgan fingerprint density at radius 3 is 0.679 bits per heavy atom. The maximum absolute atomic E-state index is 11.8. The van der Waals surface area contributed by atoms with E-state index in [1.165, 1.54) is 0 Å². The first-order valence-corrected chi connectivity index (χ1v) is 5.56. The van der Waals surface area contributed by atoms with Gasteiger partial charge in [-0.1, -0.05) is 0 Å². The maximum atomic E-state index is 11.8. The van der Waals surface area contributed by atoms with Gasteiger partial charge in [0.1, 0.15) is 0 Å². The van der Waals surface area contributed by atoms with Gasteiger partial charge in [-0.25, -0.2) is 8.78 Å². The van der Waals surface area contributed by atoms with Crippen LogP contribution in [0.4, 0.5) is 79.0 Å². The molecule has 0 rings (SSSR count). The molecule has 0 saturated heterocycles. The highest BCUT2D eigenvalue weighted by Gasteiger charge is 2.62. The van der Waals surface area contributed by atoms with E-state index in [1.54, 1.807) is 0 Å². The predicted octanol–water partition coefficient (Wildman–Crippen LogP) is 7.20. The lowest BCUT2D eigenvalue weighted by Crippen LogP contribution is -2.37. The van der Waals surface area contributed by atoms with Crippen LogP contribution in [0.15, 0.2) is 23.8 Å². The fourth-order valence-electron chi connectivity index (χ4n) is 0.739. The third-order valence-corrected chi connectivity index (χ3v) is 1.89. The molecule has 18 heteroatoms. The summed E-state index contributed by atoms with van der Waals surface area (Å²) in [5.41, 5.74) is 0. The molecule has 0 nitrogen and oxygen atoms in total. The molecule has 0 heterocycles. The van der Waals surface area contributed by atoms with Gasteiger partial charge in [-0.05, 0) is 0 Å². The Hall–Kier alpha value is -1.78. The van der Waals surface area contributed by atoms with E-state index in [4.69, 9.17) is 0 Å². The zero-order valence-corrected chi connectivity index (χ0v) is 12.0. The lowest BCUT2D eigenvalue weighted by Gasteiger charge is -2.17. The van der Waals surface area contributed by atoms with E-state index in [1.807, 2.05) is 0 Å². The van der Waals surface area contributed by atoms with Crippen LogP contribution in [0.5, 0.6) is 0 Å². The first kappa shape index (κ1) is 28.4. The average molecular weight is 464 g/mol. The number of hydrogen-bond acceptors (Lipinski definition) is 0. The summed E-state index contributed by atoms with van der Waals surface area (Å²) in [6, 6.07) is 0. The van der Waals surface area contributed by atoms with Crippen LogP contribution in [-0.4, -0.2) is 36.6 Å². The fourth-order valence-corrected chi connectivity index (χ4v) is 0.739. The normalized spacial score (nSPS) is 15.9. The second-order valence-electron chi connectivity index (χ2n) is 4.21. The van der Waals surface area contributed by atoms with E-state index < -0.39 is 60.4 Å². The molecular formula is C10H2F18. The summed E-state index contributed by atoms with van der Waals surface area (Å²) in [6.45, 7) is 0. The summed E-state index contributed by atoms with van der Waals surface area (Å²) in [7, 11) is 0. The summed E-state index contributed by atoms with van der Waals surface area (Å²) >= 11 is 0. The molecule has 0 radical (unpaired) electrons. The summed E-state index contributed by atoms with van der Waals surface area (Å²) in [6.07, 6.45) is -27.4. The van der Waals surface area contributed by atoms with Gasteiger partial charge in [0.25, 0.3) is 0 Å². The van der Waals surface area contributed by atoms with Crippen molar-refractivity contribution in [2.75, 3.05) is 0 Å². The van der Waals surface area contributed by atoms with E-state index in [-0.39, 0.29) is 0 Å². The maximum Gasteiger partial charge on any atom is 0.460 e. The van der Waals surface area contributed by atoms with Crippen LogP contribution in [0.3, 0.4) is 0 Å². The SMILES string of the molecule is FC(=CC(F)(F)F)C(F)(F)C(F)(F)F.FC(=CC(F)(F)F)C(F)(F)C(F)(F)F. The van der Waals surface area contributed by atoms with Crippen molar-refractivity contribution >= 4 is 0 Å². The summed E-state index contributed by atoms with van der Waals surface area (Å²) in [4.78, 5) is 0. The second-order valence-corrected chi connectivity index (χ2v) is 4.21. The van der Waals surface area contributed by atoms with Crippen molar-refractivity contribution in [2.24, 2.45) is 0 Å². The van der Waals surface area contributed by atoms with Gasteiger partial charge in [0.2, 0.25) is 0 Å². The topological polar surface area (TPSA) is 0 Å². The van der Waals surface area contributed by atoms with Gasteiger partial charge >= 0.3 is 36.6 Å². The van der Waals surface area contributed by atoms with Crippen LogP contribution >= 0.6 is 0 Å². The van der Waals surface area contributed by atoms with Crippen molar-refractivity contribution in [3.05, 3.63) is 23.8 Å². The Morgan fingerprint density at radius 1 is 0.393 bits per heavy atom. The number of alkyl halides is 16. The molecule has 0 aromatic carbocycles. The molecule has 0 aliphatic heterocycles. The van der Waals surface area contributed by atoms with Gasteiger partial charge in [0.05, 0.1) is 12.2 Å². The first-order chi connectivity index (χ1) is 11.8. The molecule has 0 aromatic rings. The lowest BCUT2D eigenvalue weighted by atomic mass is 10.2. The zero-order valence-electron chi connectivity index (χ0n) is 12.0. The van der Waals surface area contributed by atoms with Crippen molar-refractivity contribution in [3.63, 3.8) is 0 Å². The van der Waals surface area contributed by atoms with E-state index in [0.717, 1.165) is 0 Å². The Morgan fingerprint density at radius 2 is 0.571 bits per heavy atom. The van der Waals surface area contributed by atoms with Gasteiger partial charge < -0.3 is 0 Å². The van der Waals surface area contributed by atoms with Gasteiger partial charge in [0.15, 0.2) is 11.7 Å². The molecule has 0 aliphatic carbocycles. The molecular weight excluding hydrogens is 462 g/mol. The molecule has 0 fully saturated rings. The lowest BCUT2D eigenvalue weighted by molar-refractivity contribution is -0.271.